The molecule has 1 aliphatic rings. The highest BCUT2D eigenvalue weighted by Gasteiger charge is 2.29. The van der Waals surface area contributed by atoms with E-state index >= 15 is 0 Å². The van der Waals surface area contributed by atoms with Crippen LogP contribution in [0.3, 0.4) is 0 Å². The summed E-state index contributed by atoms with van der Waals surface area (Å²) in [5.41, 5.74) is 1.77. The van der Waals surface area contributed by atoms with Gasteiger partial charge >= 0.3 is 5.97 Å². The van der Waals surface area contributed by atoms with Crippen molar-refractivity contribution in [1.29, 1.82) is 0 Å². The van der Waals surface area contributed by atoms with Gasteiger partial charge in [-0.25, -0.2) is 4.79 Å². The molecule has 0 fully saturated rings. The first-order valence-corrected chi connectivity index (χ1v) is 4.23. The minimum Gasteiger partial charge on any atom is -0.477 e. The number of carboxylic acid groups (broad SMARTS) is 1. The van der Waals surface area contributed by atoms with Gasteiger partial charge in [-0.15, -0.1) is 0 Å². The average Bonchev–Trinajstić information content (AvgIpc) is 2.55. The van der Waals surface area contributed by atoms with Crippen LogP contribution in [0.2, 0.25) is 0 Å². The number of aliphatic hydroxyl groups is 1. The molecule has 2 unspecified atom stereocenters. The van der Waals surface area contributed by atoms with Crippen molar-refractivity contribution in [2.75, 3.05) is 0 Å². The Hall–Kier alpha value is -1.29. The van der Waals surface area contributed by atoms with Crippen LogP contribution in [0.4, 0.5) is 0 Å². The van der Waals surface area contributed by atoms with Gasteiger partial charge in [0.2, 0.25) is 0 Å². The summed E-state index contributed by atoms with van der Waals surface area (Å²) in [7, 11) is 0. The third-order valence-corrected chi connectivity index (χ3v) is 2.55. The lowest BCUT2D eigenvalue weighted by atomic mass is 10.1. The molecule has 0 amide bonds. The predicted molar refractivity (Wildman–Crippen MR) is 45.7 cm³/mol. The number of carboxylic acids is 1. The van der Waals surface area contributed by atoms with Crippen molar-refractivity contribution in [2.45, 2.75) is 25.4 Å². The van der Waals surface area contributed by atoms with Crippen LogP contribution in [0.15, 0.2) is 6.07 Å². The summed E-state index contributed by atoms with van der Waals surface area (Å²) in [5, 5.41) is 18.2. The van der Waals surface area contributed by atoms with Gasteiger partial charge in [0.1, 0.15) is 5.69 Å². The van der Waals surface area contributed by atoms with E-state index in [0.29, 0.717) is 12.1 Å². The predicted octanol–water partition coefficient (Wildman–Crippen LogP) is 1.25. The first kappa shape index (κ1) is 8.31. The van der Waals surface area contributed by atoms with E-state index in [4.69, 9.17) is 5.11 Å². The summed E-state index contributed by atoms with van der Waals surface area (Å²) in [6.45, 7) is 1.98. The molecule has 3 N–H and O–H groups in total. The average molecular weight is 181 g/mol. The Balaban J connectivity index is 2.46. The van der Waals surface area contributed by atoms with Gasteiger partial charge in [0.25, 0.3) is 0 Å². The molecule has 4 nitrogen and oxygen atoms in total. The Morgan fingerprint density at radius 3 is 2.92 bits per heavy atom. The number of fused-ring (bicyclic) bond motifs is 1. The second kappa shape index (κ2) is 2.60. The fourth-order valence-electron chi connectivity index (χ4n) is 1.86. The molecule has 1 heterocycles. The summed E-state index contributed by atoms with van der Waals surface area (Å²) in [5.74, 6) is -0.733. The molecule has 2 atom stereocenters. The largest absolute Gasteiger partial charge is 0.477 e. The number of carbonyl (C=O) groups is 1. The molecule has 1 aliphatic carbocycles. The van der Waals surface area contributed by atoms with Gasteiger partial charge in [0, 0.05) is 5.69 Å². The molecule has 1 aromatic rings. The second-order valence-electron chi connectivity index (χ2n) is 3.51. The lowest BCUT2D eigenvalue weighted by Crippen LogP contribution is -1.99. The van der Waals surface area contributed by atoms with Crippen LogP contribution in [0.25, 0.3) is 0 Å². The Labute approximate surface area is 75.2 Å². The summed E-state index contributed by atoms with van der Waals surface area (Å²) in [4.78, 5) is 13.3. The molecule has 0 bridgehead atoms. The van der Waals surface area contributed by atoms with Crippen LogP contribution in [0.5, 0.6) is 0 Å². The van der Waals surface area contributed by atoms with Gasteiger partial charge in [-0.1, -0.05) is 6.92 Å². The van der Waals surface area contributed by atoms with Crippen LogP contribution in [-0.4, -0.2) is 21.2 Å². The van der Waals surface area contributed by atoms with Crippen LogP contribution in [0, 0.1) is 0 Å². The zero-order valence-corrected chi connectivity index (χ0v) is 7.24. The maximum absolute atomic E-state index is 10.6. The number of aliphatic hydroxyl groups excluding tert-OH is 1. The molecular weight excluding hydrogens is 170 g/mol. The second-order valence-corrected chi connectivity index (χ2v) is 3.51. The number of aromatic nitrogens is 1. The SMILES string of the molecule is CC1CC(O)c2[nH]c(C(=O)O)cc21. The molecule has 2 rings (SSSR count). The van der Waals surface area contributed by atoms with Crippen molar-refractivity contribution in [1.82, 2.24) is 4.98 Å². The van der Waals surface area contributed by atoms with Gasteiger partial charge in [0.15, 0.2) is 0 Å². The Morgan fingerprint density at radius 2 is 2.38 bits per heavy atom. The third-order valence-electron chi connectivity index (χ3n) is 2.55. The highest BCUT2D eigenvalue weighted by atomic mass is 16.4. The molecule has 13 heavy (non-hydrogen) atoms. The molecule has 0 radical (unpaired) electrons. The van der Waals surface area contributed by atoms with Gasteiger partial charge < -0.3 is 15.2 Å². The van der Waals surface area contributed by atoms with Crippen molar-refractivity contribution in [2.24, 2.45) is 0 Å². The minimum atomic E-state index is -0.978. The van der Waals surface area contributed by atoms with Crippen molar-refractivity contribution in [3.63, 3.8) is 0 Å². The number of H-pyrrole nitrogens is 1. The van der Waals surface area contributed by atoms with E-state index in [-0.39, 0.29) is 11.6 Å². The Bertz CT molecular complexity index is 330. The van der Waals surface area contributed by atoms with Crippen LogP contribution in [-0.2, 0) is 0 Å². The summed E-state index contributed by atoms with van der Waals surface area (Å²) >= 11 is 0. The van der Waals surface area contributed by atoms with E-state index in [1.165, 1.54) is 0 Å². The monoisotopic (exact) mass is 181 g/mol. The lowest BCUT2D eigenvalue weighted by molar-refractivity contribution is 0.0690. The van der Waals surface area contributed by atoms with Gasteiger partial charge in [-0.2, -0.15) is 0 Å². The Kier molecular flexibility index (Phi) is 1.66. The summed E-state index contributed by atoms with van der Waals surface area (Å²) < 4.78 is 0. The maximum Gasteiger partial charge on any atom is 0.352 e. The van der Waals surface area contributed by atoms with Crippen LogP contribution < -0.4 is 0 Å². The van der Waals surface area contributed by atoms with Gasteiger partial charge in [0.05, 0.1) is 6.10 Å². The van der Waals surface area contributed by atoms with Crippen molar-refractivity contribution < 1.29 is 15.0 Å². The molecule has 0 saturated carbocycles. The van der Waals surface area contributed by atoms with E-state index in [1.54, 1.807) is 6.07 Å². The molecule has 70 valence electrons. The third kappa shape index (κ3) is 1.14. The normalized spacial score (nSPS) is 26.0. The van der Waals surface area contributed by atoms with Gasteiger partial charge in [-0.3, -0.25) is 0 Å². The number of nitrogens with one attached hydrogen (secondary N) is 1. The molecule has 0 saturated heterocycles. The fraction of sp³-hybridized carbons (Fsp3) is 0.444. The minimum absolute atomic E-state index is 0.163. The molecule has 4 heteroatoms. The van der Waals surface area contributed by atoms with Crippen molar-refractivity contribution >= 4 is 5.97 Å². The smallest absolute Gasteiger partial charge is 0.352 e. The number of hydrogen-bond donors (Lipinski definition) is 3. The molecule has 0 aromatic carbocycles. The number of aromatic amines is 1. The standard InChI is InChI=1S/C9H11NO3/c1-4-2-7(11)8-5(4)3-6(10-8)9(12)13/h3-4,7,10-11H,2H2,1H3,(H,12,13). The number of aromatic carboxylic acids is 1. The zero-order chi connectivity index (χ0) is 9.59. The van der Waals surface area contributed by atoms with E-state index in [0.717, 1.165) is 5.56 Å². The lowest BCUT2D eigenvalue weighted by Gasteiger charge is -2.01. The Morgan fingerprint density at radius 1 is 1.69 bits per heavy atom. The summed E-state index contributed by atoms with van der Waals surface area (Å²) in [6.07, 6.45) is 0.152. The highest BCUT2D eigenvalue weighted by Crippen LogP contribution is 2.39. The van der Waals surface area contributed by atoms with Crippen molar-refractivity contribution in [3.05, 3.63) is 23.0 Å². The number of hydrogen-bond acceptors (Lipinski definition) is 2. The van der Waals surface area contributed by atoms with Gasteiger partial charge in [-0.05, 0) is 24.0 Å². The topological polar surface area (TPSA) is 73.3 Å². The fourth-order valence-corrected chi connectivity index (χ4v) is 1.86. The van der Waals surface area contributed by atoms with E-state index < -0.39 is 12.1 Å². The van der Waals surface area contributed by atoms with E-state index in [2.05, 4.69) is 4.98 Å². The van der Waals surface area contributed by atoms with E-state index in [9.17, 15) is 9.90 Å². The number of rotatable bonds is 1. The molecule has 1 aromatic heterocycles. The van der Waals surface area contributed by atoms with E-state index in [1.807, 2.05) is 6.92 Å². The molecule has 0 aliphatic heterocycles. The maximum atomic E-state index is 10.6. The van der Waals surface area contributed by atoms with Crippen LogP contribution >= 0.6 is 0 Å². The molecular formula is C9H11NO3. The first-order valence-electron chi connectivity index (χ1n) is 4.23. The van der Waals surface area contributed by atoms with Crippen molar-refractivity contribution in [3.8, 4) is 0 Å². The quantitative estimate of drug-likeness (QED) is 0.610. The summed E-state index contributed by atoms with van der Waals surface area (Å²) in [6, 6.07) is 1.61. The molecule has 0 spiro atoms. The first-order chi connectivity index (χ1) is 6.09. The highest BCUT2D eigenvalue weighted by molar-refractivity contribution is 5.86. The van der Waals surface area contributed by atoms with Crippen LogP contribution in [0.1, 0.15) is 47.1 Å². The zero-order valence-electron chi connectivity index (χ0n) is 7.24.